The minimum Gasteiger partial charge on any atom is -0.481 e. The molecular formula is C14H24O2. The zero-order valence-electron chi connectivity index (χ0n) is 10.5. The van der Waals surface area contributed by atoms with Gasteiger partial charge >= 0.3 is 5.97 Å². The molecule has 0 spiro atoms. The van der Waals surface area contributed by atoms with Crippen molar-refractivity contribution in [3.8, 4) is 0 Å². The molecule has 0 bridgehead atoms. The van der Waals surface area contributed by atoms with Crippen LogP contribution in [-0.4, -0.2) is 11.1 Å². The standard InChI is InChI=1S/C14H24O2/c1-4-5-11-6-7-13(14(15)16)12(9-11)8-10(2)3/h11-13H,2,4-9H2,1,3H3,(H,15,16). The molecule has 0 aromatic carbocycles. The number of carboxylic acid groups (broad SMARTS) is 1. The van der Waals surface area contributed by atoms with Gasteiger partial charge in [0.05, 0.1) is 5.92 Å². The summed E-state index contributed by atoms with van der Waals surface area (Å²) < 4.78 is 0. The molecule has 1 saturated carbocycles. The predicted molar refractivity (Wildman–Crippen MR) is 66.3 cm³/mol. The van der Waals surface area contributed by atoms with E-state index in [0.717, 1.165) is 37.2 Å². The summed E-state index contributed by atoms with van der Waals surface area (Å²) in [4.78, 5) is 11.2. The van der Waals surface area contributed by atoms with E-state index in [9.17, 15) is 9.90 Å². The molecule has 3 unspecified atom stereocenters. The second-order valence-corrected chi connectivity index (χ2v) is 5.33. The summed E-state index contributed by atoms with van der Waals surface area (Å²) in [5.74, 6) is 0.316. The third-order valence-corrected chi connectivity index (χ3v) is 3.72. The first-order chi connectivity index (χ1) is 7.54. The smallest absolute Gasteiger partial charge is 0.306 e. The predicted octanol–water partition coefficient (Wildman–Crippen LogP) is 3.87. The fourth-order valence-electron chi connectivity index (χ4n) is 3.03. The summed E-state index contributed by atoms with van der Waals surface area (Å²) in [6, 6.07) is 0. The number of hydrogen-bond donors (Lipinski definition) is 1. The quantitative estimate of drug-likeness (QED) is 0.720. The molecular weight excluding hydrogens is 200 g/mol. The Bertz CT molecular complexity index is 257. The SMILES string of the molecule is C=C(C)CC1CC(CCC)CCC1C(=O)O. The van der Waals surface area contributed by atoms with Crippen LogP contribution in [0.15, 0.2) is 12.2 Å². The summed E-state index contributed by atoms with van der Waals surface area (Å²) in [6.07, 6.45) is 6.38. The van der Waals surface area contributed by atoms with E-state index < -0.39 is 5.97 Å². The molecule has 1 aliphatic carbocycles. The van der Waals surface area contributed by atoms with E-state index in [-0.39, 0.29) is 5.92 Å². The lowest BCUT2D eigenvalue weighted by atomic mass is 9.71. The van der Waals surface area contributed by atoms with Crippen LogP contribution < -0.4 is 0 Å². The number of allylic oxidation sites excluding steroid dienone is 1. The van der Waals surface area contributed by atoms with Gasteiger partial charge in [-0.2, -0.15) is 0 Å². The summed E-state index contributed by atoms with van der Waals surface area (Å²) in [5.41, 5.74) is 1.12. The third kappa shape index (κ3) is 3.66. The van der Waals surface area contributed by atoms with Crippen LogP contribution in [0.25, 0.3) is 0 Å². The molecule has 92 valence electrons. The van der Waals surface area contributed by atoms with Crippen molar-refractivity contribution < 1.29 is 9.90 Å². The first-order valence-electron chi connectivity index (χ1n) is 6.41. The first-order valence-corrected chi connectivity index (χ1v) is 6.41. The Hall–Kier alpha value is -0.790. The van der Waals surface area contributed by atoms with Crippen LogP contribution in [0.3, 0.4) is 0 Å². The molecule has 0 aliphatic heterocycles. The molecule has 2 nitrogen and oxygen atoms in total. The number of aliphatic carboxylic acids is 1. The zero-order valence-corrected chi connectivity index (χ0v) is 10.5. The van der Waals surface area contributed by atoms with E-state index in [1.54, 1.807) is 0 Å². The molecule has 1 N–H and O–H groups in total. The molecule has 1 aliphatic rings. The minimum absolute atomic E-state index is 0.134. The van der Waals surface area contributed by atoms with Crippen LogP contribution in [0.1, 0.15) is 52.4 Å². The highest BCUT2D eigenvalue weighted by molar-refractivity contribution is 5.70. The van der Waals surface area contributed by atoms with Gasteiger partial charge in [0.15, 0.2) is 0 Å². The van der Waals surface area contributed by atoms with Crippen LogP contribution in [0, 0.1) is 17.8 Å². The summed E-state index contributed by atoms with van der Waals surface area (Å²) in [5, 5.41) is 9.21. The van der Waals surface area contributed by atoms with Gasteiger partial charge in [-0.25, -0.2) is 0 Å². The second kappa shape index (κ2) is 6.07. The van der Waals surface area contributed by atoms with Gasteiger partial charge < -0.3 is 5.11 Å². The topological polar surface area (TPSA) is 37.3 Å². The highest BCUT2D eigenvalue weighted by Crippen LogP contribution is 2.39. The van der Waals surface area contributed by atoms with Gasteiger partial charge in [0.2, 0.25) is 0 Å². The Labute approximate surface area is 98.7 Å². The van der Waals surface area contributed by atoms with Crippen LogP contribution in [-0.2, 0) is 4.79 Å². The van der Waals surface area contributed by atoms with Crippen LogP contribution in [0.5, 0.6) is 0 Å². The fourth-order valence-corrected chi connectivity index (χ4v) is 3.03. The van der Waals surface area contributed by atoms with E-state index in [2.05, 4.69) is 13.5 Å². The third-order valence-electron chi connectivity index (χ3n) is 3.72. The summed E-state index contributed by atoms with van der Waals surface area (Å²) in [6.45, 7) is 8.13. The van der Waals surface area contributed by atoms with E-state index in [4.69, 9.17) is 0 Å². The number of carboxylic acids is 1. The second-order valence-electron chi connectivity index (χ2n) is 5.33. The van der Waals surface area contributed by atoms with E-state index >= 15 is 0 Å². The van der Waals surface area contributed by atoms with Crippen LogP contribution in [0.2, 0.25) is 0 Å². The van der Waals surface area contributed by atoms with Crippen LogP contribution >= 0.6 is 0 Å². The molecule has 2 heteroatoms. The van der Waals surface area contributed by atoms with Crippen molar-refractivity contribution in [2.24, 2.45) is 17.8 Å². The van der Waals surface area contributed by atoms with E-state index in [0.29, 0.717) is 5.92 Å². The van der Waals surface area contributed by atoms with Gasteiger partial charge in [0.1, 0.15) is 0 Å². The number of carbonyl (C=O) groups is 1. The number of hydrogen-bond acceptors (Lipinski definition) is 1. The zero-order chi connectivity index (χ0) is 12.1. The van der Waals surface area contributed by atoms with Crippen molar-refractivity contribution >= 4 is 5.97 Å². The Morgan fingerprint density at radius 1 is 1.44 bits per heavy atom. The molecule has 3 atom stereocenters. The Balaban J connectivity index is 2.61. The highest BCUT2D eigenvalue weighted by Gasteiger charge is 2.34. The maximum Gasteiger partial charge on any atom is 0.306 e. The van der Waals surface area contributed by atoms with Crippen molar-refractivity contribution in [2.75, 3.05) is 0 Å². The normalized spacial score (nSPS) is 30.0. The fraction of sp³-hybridized carbons (Fsp3) is 0.786. The Kier molecular flexibility index (Phi) is 5.04. The maximum atomic E-state index is 11.2. The van der Waals surface area contributed by atoms with Crippen molar-refractivity contribution in [3.63, 3.8) is 0 Å². The van der Waals surface area contributed by atoms with Crippen molar-refractivity contribution in [2.45, 2.75) is 52.4 Å². The van der Waals surface area contributed by atoms with E-state index in [1.165, 1.54) is 12.8 Å². The van der Waals surface area contributed by atoms with Gasteiger partial charge in [-0.05, 0) is 44.4 Å². The van der Waals surface area contributed by atoms with Gasteiger partial charge in [-0.1, -0.05) is 25.3 Å². The lowest BCUT2D eigenvalue weighted by Gasteiger charge is -2.34. The molecule has 16 heavy (non-hydrogen) atoms. The maximum absolute atomic E-state index is 11.2. The van der Waals surface area contributed by atoms with Gasteiger partial charge in [-0.15, -0.1) is 6.58 Å². The molecule has 0 aromatic heterocycles. The molecule has 0 amide bonds. The Morgan fingerprint density at radius 3 is 2.62 bits per heavy atom. The average molecular weight is 224 g/mol. The molecule has 0 radical (unpaired) electrons. The largest absolute Gasteiger partial charge is 0.481 e. The van der Waals surface area contributed by atoms with Gasteiger partial charge in [-0.3, -0.25) is 4.79 Å². The van der Waals surface area contributed by atoms with E-state index in [1.807, 2.05) is 6.92 Å². The molecule has 0 aromatic rings. The monoisotopic (exact) mass is 224 g/mol. The van der Waals surface area contributed by atoms with Crippen molar-refractivity contribution in [1.29, 1.82) is 0 Å². The molecule has 0 saturated heterocycles. The molecule has 1 fully saturated rings. The molecule has 1 rings (SSSR count). The van der Waals surface area contributed by atoms with Gasteiger partial charge in [0.25, 0.3) is 0 Å². The van der Waals surface area contributed by atoms with Crippen LogP contribution in [0.4, 0.5) is 0 Å². The van der Waals surface area contributed by atoms with Crippen molar-refractivity contribution in [3.05, 3.63) is 12.2 Å². The summed E-state index contributed by atoms with van der Waals surface area (Å²) in [7, 11) is 0. The van der Waals surface area contributed by atoms with Gasteiger partial charge in [0, 0.05) is 0 Å². The first kappa shape index (κ1) is 13.3. The van der Waals surface area contributed by atoms with Crippen molar-refractivity contribution in [1.82, 2.24) is 0 Å². The lowest BCUT2D eigenvalue weighted by Crippen LogP contribution is -2.30. The highest BCUT2D eigenvalue weighted by atomic mass is 16.4. The Morgan fingerprint density at radius 2 is 2.12 bits per heavy atom. The lowest BCUT2D eigenvalue weighted by molar-refractivity contribution is -0.145. The summed E-state index contributed by atoms with van der Waals surface area (Å²) >= 11 is 0. The molecule has 0 heterocycles. The number of rotatable bonds is 5. The average Bonchev–Trinajstić information content (AvgIpc) is 2.16. The minimum atomic E-state index is -0.610.